The van der Waals surface area contributed by atoms with Gasteiger partial charge in [0.25, 0.3) is 0 Å². The van der Waals surface area contributed by atoms with E-state index in [0.29, 0.717) is 19.5 Å². The van der Waals surface area contributed by atoms with Gasteiger partial charge in [0.2, 0.25) is 5.91 Å². The molecule has 1 aromatic rings. The van der Waals surface area contributed by atoms with E-state index < -0.39 is 0 Å². The Morgan fingerprint density at radius 3 is 2.61 bits per heavy atom. The van der Waals surface area contributed by atoms with Crippen molar-refractivity contribution in [3.8, 4) is 0 Å². The van der Waals surface area contributed by atoms with Crippen LogP contribution in [0.25, 0.3) is 0 Å². The predicted octanol–water partition coefficient (Wildman–Crippen LogP) is 0.484. The lowest BCUT2D eigenvalue weighted by atomic mass is 10.2. The van der Waals surface area contributed by atoms with E-state index >= 15 is 0 Å². The highest BCUT2D eigenvalue weighted by Gasteiger charge is 1.99. The fourth-order valence-electron chi connectivity index (χ4n) is 1.65. The van der Waals surface area contributed by atoms with Gasteiger partial charge in [-0.15, -0.1) is 0 Å². The SMILES string of the molecule is NCCNC(=O)CCCCCn1ccc(=O)cc1. The molecule has 0 atom stereocenters. The van der Waals surface area contributed by atoms with Gasteiger partial charge in [-0.1, -0.05) is 6.42 Å². The summed E-state index contributed by atoms with van der Waals surface area (Å²) in [6, 6.07) is 3.11. The maximum absolute atomic E-state index is 11.3. The minimum absolute atomic E-state index is 0.0304. The number of nitrogens with zero attached hydrogens (tertiary/aromatic N) is 1. The second-order valence-corrected chi connectivity index (χ2v) is 4.22. The van der Waals surface area contributed by atoms with Crippen molar-refractivity contribution in [3.63, 3.8) is 0 Å². The first-order valence-corrected chi connectivity index (χ1v) is 6.35. The second-order valence-electron chi connectivity index (χ2n) is 4.22. The van der Waals surface area contributed by atoms with E-state index in [1.807, 2.05) is 4.57 Å². The van der Waals surface area contributed by atoms with Crippen molar-refractivity contribution in [2.24, 2.45) is 5.73 Å². The van der Waals surface area contributed by atoms with Crippen LogP contribution in [0.3, 0.4) is 0 Å². The molecule has 0 aliphatic heterocycles. The van der Waals surface area contributed by atoms with Crippen LogP contribution in [-0.2, 0) is 11.3 Å². The van der Waals surface area contributed by atoms with Crippen molar-refractivity contribution in [1.29, 1.82) is 0 Å². The third-order valence-electron chi connectivity index (χ3n) is 2.65. The minimum atomic E-state index is 0.0304. The third-order valence-corrected chi connectivity index (χ3v) is 2.65. The molecule has 0 unspecified atom stereocenters. The van der Waals surface area contributed by atoms with Crippen molar-refractivity contribution in [2.75, 3.05) is 13.1 Å². The lowest BCUT2D eigenvalue weighted by Crippen LogP contribution is -2.28. The average molecular weight is 251 g/mol. The Labute approximate surface area is 107 Å². The van der Waals surface area contributed by atoms with E-state index in [9.17, 15) is 9.59 Å². The Bertz CT molecular complexity index is 394. The molecule has 0 saturated heterocycles. The largest absolute Gasteiger partial charge is 0.355 e. The predicted molar refractivity (Wildman–Crippen MR) is 71.2 cm³/mol. The van der Waals surface area contributed by atoms with Gasteiger partial charge in [0.15, 0.2) is 5.43 Å². The van der Waals surface area contributed by atoms with Gasteiger partial charge in [0, 0.05) is 50.6 Å². The molecule has 0 bridgehead atoms. The first kappa shape index (κ1) is 14.4. The van der Waals surface area contributed by atoms with Crippen LogP contribution in [0.5, 0.6) is 0 Å². The Kier molecular flexibility index (Phi) is 6.79. The van der Waals surface area contributed by atoms with Crippen molar-refractivity contribution in [3.05, 3.63) is 34.7 Å². The fraction of sp³-hybridized carbons (Fsp3) is 0.538. The van der Waals surface area contributed by atoms with E-state index in [4.69, 9.17) is 5.73 Å². The number of nitrogens with two attached hydrogens (primary N) is 1. The van der Waals surface area contributed by atoms with Crippen LogP contribution in [-0.4, -0.2) is 23.6 Å². The molecule has 0 spiro atoms. The highest BCUT2D eigenvalue weighted by atomic mass is 16.1. The molecule has 5 nitrogen and oxygen atoms in total. The maximum atomic E-state index is 11.3. The summed E-state index contributed by atoms with van der Waals surface area (Å²) in [5.74, 6) is 0.0730. The topological polar surface area (TPSA) is 77.1 Å². The zero-order chi connectivity index (χ0) is 13.2. The molecular formula is C13H21N3O2. The summed E-state index contributed by atoms with van der Waals surface area (Å²) in [6.07, 6.45) is 7.03. The smallest absolute Gasteiger partial charge is 0.220 e. The highest BCUT2D eigenvalue weighted by Crippen LogP contribution is 2.01. The van der Waals surface area contributed by atoms with Gasteiger partial charge in [0.1, 0.15) is 0 Å². The standard InChI is InChI=1S/C13H21N3O2/c14-7-8-15-13(18)4-2-1-3-9-16-10-5-12(17)6-11-16/h5-6,10-11H,1-4,7-9,14H2,(H,15,18). The molecule has 1 heterocycles. The zero-order valence-electron chi connectivity index (χ0n) is 10.6. The Morgan fingerprint density at radius 1 is 1.22 bits per heavy atom. The van der Waals surface area contributed by atoms with E-state index in [1.165, 1.54) is 0 Å². The third kappa shape index (κ3) is 6.20. The maximum Gasteiger partial charge on any atom is 0.220 e. The number of nitrogens with one attached hydrogen (secondary N) is 1. The summed E-state index contributed by atoms with van der Waals surface area (Å²) in [7, 11) is 0. The molecular weight excluding hydrogens is 230 g/mol. The normalized spacial score (nSPS) is 10.3. The molecule has 18 heavy (non-hydrogen) atoms. The van der Waals surface area contributed by atoms with Gasteiger partial charge >= 0.3 is 0 Å². The molecule has 0 aliphatic rings. The van der Waals surface area contributed by atoms with Crippen LogP contribution in [0.2, 0.25) is 0 Å². The molecule has 0 radical (unpaired) electrons. The zero-order valence-corrected chi connectivity index (χ0v) is 10.6. The molecule has 0 saturated carbocycles. The monoisotopic (exact) mass is 251 g/mol. The molecule has 0 aromatic carbocycles. The summed E-state index contributed by atoms with van der Waals surface area (Å²) in [5.41, 5.74) is 5.32. The van der Waals surface area contributed by atoms with Crippen molar-refractivity contribution in [2.45, 2.75) is 32.2 Å². The van der Waals surface area contributed by atoms with Crippen LogP contribution >= 0.6 is 0 Å². The number of pyridine rings is 1. The number of carbonyl (C=O) groups is 1. The van der Waals surface area contributed by atoms with Crippen LogP contribution in [0.4, 0.5) is 0 Å². The minimum Gasteiger partial charge on any atom is -0.355 e. The van der Waals surface area contributed by atoms with Gasteiger partial charge < -0.3 is 15.6 Å². The van der Waals surface area contributed by atoms with Crippen LogP contribution in [0.1, 0.15) is 25.7 Å². The van der Waals surface area contributed by atoms with Gasteiger partial charge in [-0.2, -0.15) is 0 Å². The van der Waals surface area contributed by atoms with Crippen molar-refractivity contribution < 1.29 is 4.79 Å². The number of aryl methyl sites for hydroxylation is 1. The molecule has 1 aromatic heterocycles. The number of carbonyl (C=O) groups excluding carboxylic acids is 1. The lowest BCUT2D eigenvalue weighted by Gasteiger charge is -2.06. The van der Waals surface area contributed by atoms with Crippen LogP contribution < -0.4 is 16.5 Å². The summed E-state index contributed by atoms with van der Waals surface area (Å²) >= 11 is 0. The number of hydrogen-bond acceptors (Lipinski definition) is 3. The van der Waals surface area contributed by atoms with Gasteiger partial charge in [-0.05, 0) is 12.8 Å². The molecule has 1 amide bonds. The van der Waals surface area contributed by atoms with E-state index in [1.54, 1.807) is 24.5 Å². The van der Waals surface area contributed by atoms with E-state index in [0.717, 1.165) is 25.8 Å². The van der Waals surface area contributed by atoms with Gasteiger partial charge in [-0.3, -0.25) is 9.59 Å². The molecule has 100 valence electrons. The average Bonchev–Trinajstić information content (AvgIpc) is 2.38. The molecule has 5 heteroatoms. The van der Waals surface area contributed by atoms with E-state index in [-0.39, 0.29) is 11.3 Å². The molecule has 0 aliphatic carbocycles. The van der Waals surface area contributed by atoms with Crippen molar-refractivity contribution >= 4 is 5.91 Å². The quantitative estimate of drug-likeness (QED) is 0.660. The summed E-state index contributed by atoms with van der Waals surface area (Å²) < 4.78 is 1.98. The van der Waals surface area contributed by atoms with Crippen molar-refractivity contribution in [1.82, 2.24) is 9.88 Å². The first-order chi connectivity index (χ1) is 8.72. The Balaban J connectivity index is 2.06. The molecule has 3 N–H and O–H groups in total. The number of unbranched alkanes of at least 4 members (excludes halogenated alkanes) is 2. The Morgan fingerprint density at radius 2 is 1.94 bits per heavy atom. The van der Waals surface area contributed by atoms with Crippen LogP contribution in [0.15, 0.2) is 29.3 Å². The molecule has 1 rings (SSSR count). The van der Waals surface area contributed by atoms with Gasteiger partial charge in [0.05, 0.1) is 0 Å². The number of hydrogen-bond donors (Lipinski definition) is 2. The van der Waals surface area contributed by atoms with Crippen LogP contribution in [0, 0.1) is 0 Å². The summed E-state index contributed by atoms with van der Waals surface area (Å²) in [4.78, 5) is 22.2. The second kappa shape index (κ2) is 8.47. The number of aromatic nitrogens is 1. The first-order valence-electron chi connectivity index (χ1n) is 6.35. The molecule has 0 fully saturated rings. The Hall–Kier alpha value is -1.62. The van der Waals surface area contributed by atoms with Gasteiger partial charge in [-0.25, -0.2) is 0 Å². The lowest BCUT2D eigenvalue weighted by molar-refractivity contribution is -0.121. The van der Waals surface area contributed by atoms with E-state index in [2.05, 4.69) is 5.32 Å². The number of amides is 1. The fourth-order valence-corrected chi connectivity index (χ4v) is 1.65. The summed E-state index contributed by atoms with van der Waals surface area (Å²) in [6.45, 7) is 1.92. The highest BCUT2D eigenvalue weighted by molar-refractivity contribution is 5.75. The summed E-state index contributed by atoms with van der Waals surface area (Å²) in [5, 5.41) is 2.74. The number of rotatable bonds is 8.